The van der Waals surface area contributed by atoms with Crippen molar-refractivity contribution in [1.82, 2.24) is 10.3 Å². The van der Waals surface area contributed by atoms with Gasteiger partial charge in [0.15, 0.2) is 5.58 Å². The standard InChI is InChI=1S/C12H14N2O2S/c15-17(9-4-3-7-13-8-9)12-14-10-5-1-2-6-11(10)16-12/h1-2,5-6,9,13H,3-4,7-8H2/t9-,17-/m1/s1. The first-order chi connectivity index (χ1) is 8.34. The summed E-state index contributed by atoms with van der Waals surface area (Å²) in [6.07, 6.45) is 2.04. The fourth-order valence-electron chi connectivity index (χ4n) is 2.08. The van der Waals surface area contributed by atoms with Gasteiger partial charge in [0.2, 0.25) is 0 Å². The molecule has 2 heterocycles. The predicted octanol–water partition coefficient (Wildman–Crippen LogP) is 1.69. The molecule has 5 heteroatoms. The van der Waals surface area contributed by atoms with Crippen LogP contribution in [-0.4, -0.2) is 27.5 Å². The summed E-state index contributed by atoms with van der Waals surface area (Å²) in [5.74, 6) is 0. The molecular formula is C12H14N2O2S. The van der Waals surface area contributed by atoms with Gasteiger partial charge >= 0.3 is 0 Å². The van der Waals surface area contributed by atoms with Gasteiger partial charge in [0.25, 0.3) is 5.22 Å². The van der Waals surface area contributed by atoms with Gasteiger partial charge in [-0.25, -0.2) is 9.19 Å². The molecule has 2 aromatic rings. The molecule has 1 aliphatic rings. The number of aromatic nitrogens is 1. The largest absolute Gasteiger partial charge is 0.430 e. The van der Waals surface area contributed by atoms with E-state index in [0.29, 0.717) is 10.8 Å². The molecule has 90 valence electrons. The SMILES string of the molecule is O=[S@@](c1nc2ccccc2o1)[C@@H]1CCCNC1. The predicted molar refractivity (Wildman–Crippen MR) is 66.3 cm³/mol. The van der Waals surface area contributed by atoms with Crippen LogP contribution >= 0.6 is 0 Å². The molecule has 1 aromatic heterocycles. The van der Waals surface area contributed by atoms with Crippen LogP contribution in [0.3, 0.4) is 0 Å². The van der Waals surface area contributed by atoms with Crippen molar-refractivity contribution in [1.29, 1.82) is 0 Å². The Hall–Kier alpha value is -1.20. The van der Waals surface area contributed by atoms with Crippen molar-refractivity contribution in [2.75, 3.05) is 13.1 Å². The second kappa shape index (κ2) is 4.58. The van der Waals surface area contributed by atoms with Crippen LogP contribution in [0.2, 0.25) is 0 Å². The minimum atomic E-state index is -1.14. The maximum absolute atomic E-state index is 12.3. The molecule has 1 aromatic carbocycles. The monoisotopic (exact) mass is 250 g/mol. The van der Waals surface area contributed by atoms with E-state index in [1.165, 1.54) is 0 Å². The molecule has 17 heavy (non-hydrogen) atoms. The smallest absolute Gasteiger partial charge is 0.288 e. The highest BCUT2D eigenvalue weighted by atomic mass is 32.2. The third-order valence-electron chi connectivity index (χ3n) is 3.00. The normalized spacial score (nSPS) is 22.7. The van der Waals surface area contributed by atoms with Crippen LogP contribution in [0.1, 0.15) is 12.8 Å². The Bertz CT molecular complexity index is 513. The van der Waals surface area contributed by atoms with Gasteiger partial charge in [-0.15, -0.1) is 0 Å². The number of piperidine rings is 1. The van der Waals surface area contributed by atoms with Gasteiger partial charge in [0, 0.05) is 6.54 Å². The lowest BCUT2D eigenvalue weighted by molar-refractivity contribution is 0.463. The summed E-state index contributed by atoms with van der Waals surface area (Å²) in [5.41, 5.74) is 1.49. The molecule has 0 radical (unpaired) electrons. The van der Waals surface area contributed by atoms with Crippen molar-refractivity contribution in [3.05, 3.63) is 24.3 Å². The van der Waals surface area contributed by atoms with Gasteiger partial charge in [-0.1, -0.05) is 12.1 Å². The Labute approximate surface area is 102 Å². The highest BCUT2D eigenvalue weighted by Gasteiger charge is 2.24. The Morgan fingerprint density at radius 1 is 1.41 bits per heavy atom. The zero-order valence-electron chi connectivity index (χ0n) is 9.39. The van der Waals surface area contributed by atoms with Gasteiger partial charge in [-0.3, -0.25) is 0 Å². The highest BCUT2D eigenvalue weighted by molar-refractivity contribution is 7.85. The van der Waals surface area contributed by atoms with E-state index in [0.717, 1.165) is 31.4 Å². The van der Waals surface area contributed by atoms with E-state index in [1.807, 2.05) is 24.3 Å². The Kier molecular flexibility index (Phi) is 2.94. The molecule has 0 amide bonds. The molecule has 0 aliphatic carbocycles. The molecule has 3 rings (SSSR count). The van der Waals surface area contributed by atoms with Crippen LogP contribution in [-0.2, 0) is 10.8 Å². The van der Waals surface area contributed by atoms with Gasteiger partial charge in [0.1, 0.15) is 16.3 Å². The van der Waals surface area contributed by atoms with Crippen LogP contribution in [0.5, 0.6) is 0 Å². The van der Waals surface area contributed by atoms with E-state index in [-0.39, 0.29) is 5.25 Å². The molecule has 0 spiro atoms. The summed E-state index contributed by atoms with van der Waals surface area (Å²) in [7, 11) is -1.14. The summed E-state index contributed by atoms with van der Waals surface area (Å²) in [4.78, 5) is 4.29. The molecule has 0 bridgehead atoms. The van der Waals surface area contributed by atoms with E-state index in [4.69, 9.17) is 4.42 Å². The molecular weight excluding hydrogens is 236 g/mol. The van der Waals surface area contributed by atoms with Crippen LogP contribution in [0.15, 0.2) is 33.9 Å². The van der Waals surface area contributed by atoms with E-state index in [2.05, 4.69) is 10.3 Å². The van der Waals surface area contributed by atoms with E-state index < -0.39 is 10.8 Å². The first-order valence-corrected chi connectivity index (χ1v) is 7.03. The number of oxazole rings is 1. The number of para-hydroxylation sites is 2. The maximum Gasteiger partial charge on any atom is 0.288 e. The maximum atomic E-state index is 12.3. The third-order valence-corrected chi connectivity index (χ3v) is 4.53. The summed E-state index contributed by atoms with van der Waals surface area (Å²) in [6, 6.07) is 7.52. The molecule has 1 saturated heterocycles. The summed E-state index contributed by atoms with van der Waals surface area (Å²) < 4.78 is 17.8. The Morgan fingerprint density at radius 3 is 3.06 bits per heavy atom. The van der Waals surface area contributed by atoms with E-state index >= 15 is 0 Å². The quantitative estimate of drug-likeness (QED) is 0.881. The van der Waals surface area contributed by atoms with Crippen molar-refractivity contribution >= 4 is 21.9 Å². The third kappa shape index (κ3) is 2.12. The van der Waals surface area contributed by atoms with Crippen LogP contribution in [0.25, 0.3) is 11.1 Å². The summed E-state index contributed by atoms with van der Waals surface area (Å²) in [6.45, 7) is 1.80. The minimum absolute atomic E-state index is 0.122. The van der Waals surface area contributed by atoms with E-state index in [9.17, 15) is 4.21 Å². The topological polar surface area (TPSA) is 55.1 Å². The lowest BCUT2D eigenvalue weighted by Gasteiger charge is -2.20. The lowest BCUT2D eigenvalue weighted by Crippen LogP contribution is -2.36. The second-order valence-corrected chi connectivity index (χ2v) is 5.82. The Balaban J connectivity index is 1.89. The van der Waals surface area contributed by atoms with Crippen molar-refractivity contribution in [3.63, 3.8) is 0 Å². The zero-order valence-corrected chi connectivity index (χ0v) is 10.2. The summed E-state index contributed by atoms with van der Waals surface area (Å²) >= 11 is 0. The number of hydrogen-bond acceptors (Lipinski definition) is 4. The average molecular weight is 250 g/mol. The molecule has 0 saturated carbocycles. The molecule has 0 unspecified atom stereocenters. The van der Waals surface area contributed by atoms with Crippen molar-refractivity contribution in [2.45, 2.75) is 23.3 Å². The number of nitrogens with zero attached hydrogens (tertiary/aromatic N) is 1. The zero-order chi connectivity index (χ0) is 11.7. The highest BCUT2D eigenvalue weighted by Crippen LogP contribution is 2.21. The van der Waals surface area contributed by atoms with Crippen molar-refractivity contribution in [2.24, 2.45) is 0 Å². The molecule has 4 nitrogen and oxygen atoms in total. The number of rotatable bonds is 2. The fraction of sp³-hybridized carbons (Fsp3) is 0.417. The van der Waals surface area contributed by atoms with Gasteiger partial charge in [-0.05, 0) is 31.5 Å². The first-order valence-electron chi connectivity index (χ1n) is 5.81. The molecule has 1 fully saturated rings. The number of fused-ring (bicyclic) bond motifs is 1. The molecule has 1 aliphatic heterocycles. The molecule has 1 N–H and O–H groups in total. The molecule has 2 atom stereocenters. The van der Waals surface area contributed by atoms with Gasteiger partial charge in [0.05, 0.1) is 5.25 Å². The number of hydrogen-bond donors (Lipinski definition) is 1. The lowest BCUT2D eigenvalue weighted by atomic mass is 10.2. The minimum Gasteiger partial charge on any atom is -0.430 e. The van der Waals surface area contributed by atoms with Crippen molar-refractivity contribution < 1.29 is 8.63 Å². The average Bonchev–Trinajstić information content (AvgIpc) is 2.82. The van der Waals surface area contributed by atoms with Crippen LogP contribution in [0, 0.1) is 0 Å². The fourth-order valence-corrected chi connectivity index (χ4v) is 3.38. The van der Waals surface area contributed by atoms with E-state index in [1.54, 1.807) is 0 Å². The van der Waals surface area contributed by atoms with Crippen LogP contribution < -0.4 is 5.32 Å². The summed E-state index contributed by atoms with van der Waals surface area (Å²) in [5, 5.41) is 3.74. The Morgan fingerprint density at radius 2 is 2.29 bits per heavy atom. The number of nitrogens with one attached hydrogen (secondary N) is 1. The van der Waals surface area contributed by atoms with Gasteiger partial charge in [-0.2, -0.15) is 0 Å². The first kappa shape index (κ1) is 10.9. The van der Waals surface area contributed by atoms with Crippen LogP contribution in [0.4, 0.5) is 0 Å². The second-order valence-electron chi connectivity index (χ2n) is 4.21. The number of benzene rings is 1. The van der Waals surface area contributed by atoms with Crippen molar-refractivity contribution in [3.8, 4) is 0 Å². The van der Waals surface area contributed by atoms with Gasteiger partial charge < -0.3 is 9.73 Å².